The molecule has 20 heavy (non-hydrogen) atoms. The fourth-order valence-electron chi connectivity index (χ4n) is 1.84. The van der Waals surface area contributed by atoms with Gasteiger partial charge in [-0.3, -0.25) is 0 Å². The average Bonchev–Trinajstić information content (AvgIpc) is 2.45. The van der Waals surface area contributed by atoms with Crippen LogP contribution in [0.3, 0.4) is 0 Å². The Kier molecular flexibility index (Phi) is 5.89. The van der Waals surface area contributed by atoms with E-state index in [4.69, 9.17) is 16.3 Å². The minimum absolute atomic E-state index is 0.468. The van der Waals surface area contributed by atoms with E-state index in [1.807, 2.05) is 36.4 Å². The van der Waals surface area contributed by atoms with E-state index in [9.17, 15) is 0 Å². The molecule has 106 valence electrons. The van der Waals surface area contributed by atoms with E-state index in [-0.39, 0.29) is 0 Å². The number of ether oxygens (including phenoxy) is 1. The van der Waals surface area contributed by atoms with Gasteiger partial charge in [0.2, 0.25) is 0 Å². The monoisotopic (exact) mass is 353 g/mol. The van der Waals surface area contributed by atoms with Crippen molar-refractivity contribution in [2.75, 3.05) is 6.54 Å². The van der Waals surface area contributed by atoms with Crippen LogP contribution >= 0.6 is 27.5 Å². The molecule has 2 rings (SSSR count). The molecule has 0 aliphatic heterocycles. The third kappa shape index (κ3) is 4.23. The number of hydrogen-bond acceptors (Lipinski definition) is 2. The van der Waals surface area contributed by atoms with Gasteiger partial charge < -0.3 is 10.1 Å². The summed E-state index contributed by atoms with van der Waals surface area (Å²) in [5.74, 6) is 0.896. The van der Waals surface area contributed by atoms with Gasteiger partial charge in [0, 0.05) is 27.2 Å². The maximum Gasteiger partial charge on any atom is 0.124 e. The molecule has 0 amide bonds. The minimum Gasteiger partial charge on any atom is -0.489 e. The molecule has 1 N–H and O–H groups in total. The van der Waals surface area contributed by atoms with Crippen molar-refractivity contribution < 1.29 is 4.74 Å². The van der Waals surface area contributed by atoms with Gasteiger partial charge in [0.1, 0.15) is 12.4 Å². The van der Waals surface area contributed by atoms with Crippen LogP contribution in [0.4, 0.5) is 0 Å². The summed E-state index contributed by atoms with van der Waals surface area (Å²) in [5.41, 5.74) is 2.13. The lowest BCUT2D eigenvalue weighted by Gasteiger charge is -2.12. The van der Waals surface area contributed by atoms with E-state index < -0.39 is 0 Å². The van der Waals surface area contributed by atoms with Crippen LogP contribution in [0.1, 0.15) is 18.1 Å². The highest BCUT2D eigenvalue weighted by Gasteiger charge is 2.05. The molecule has 0 unspecified atom stereocenters. The molecule has 4 heteroatoms. The van der Waals surface area contributed by atoms with Crippen molar-refractivity contribution in [2.45, 2.75) is 20.1 Å². The number of nitrogens with one attached hydrogen (secondary N) is 1. The van der Waals surface area contributed by atoms with Crippen LogP contribution in [0.15, 0.2) is 46.9 Å². The van der Waals surface area contributed by atoms with Crippen LogP contribution in [0.2, 0.25) is 5.02 Å². The second-order valence-corrected chi connectivity index (χ2v) is 5.74. The first-order valence-corrected chi connectivity index (χ1v) is 7.73. The Labute approximate surface area is 133 Å². The third-order valence-electron chi connectivity index (χ3n) is 2.94. The highest BCUT2D eigenvalue weighted by Crippen LogP contribution is 2.24. The quantitative estimate of drug-likeness (QED) is 0.805. The number of para-hydroxylation sites is 1. The number of rotatable bonds is 6. The Morgan fingerprint density at radius 3 is 2.70 bits per heavy atom. The van der Waals surface area contributed by atoms with E-state index in [0.29, 0.717) is 11.6 Å². The molecule has 0 atom stereocenters. The first kappa shape index (κ1) is 15.4. The van der Waals surface area contributed by atoms with Crippen molar-refractivity contribution in [3.05, 3.63) is 63.1 Å². The summed E-state index contributed by atoms with van der Waals surface area (Å²) in [6, 6.07) is 13.9. The summed E-state index contributed by atoms with van der Waals surface area (Å²) < 4.78 is 6.87. The first-order chi connectivity index (χ1) is 9.70. The number of halogens is 2. The smallest absolute Gasteiger partial charge is 0.124 e. The summed E-state index contributed by atoms with van der Waals surface area (Å²) in [6.45, 7) is 4.30. The lowest BCUT2D eigenvalue weighted by atomic mass is 10.2. The second-order valence-electron chi connectivity index (χ2n) is 4.41. The van der Waals surface area contributed by atoms with Crippen LogP contribution in [0.5, 0.6) is 5.75 Å². The van der Waals surface area contributed by atoms with Crippen LogP contribution < -0.4 is 10.1 Å². The fraction of sp³-hybridized carbons (Fsp3) is 0.250. The lowest BCUT2D eigenvalue weighted by molar-refractivity contribution is 0.302. The Bertz CT molecular complexity index is 574. The SMILES string of the molecule is CCNCc1ccccc1OCc1ccc(Br)cc1Cl. The molecule has 2 aromatic carbocycles. The highest BCUT2D eigenvalue weighted by atomic mass is 79.9. The predicted octanol–water partition coefficient (Wildman–Crippen LogP) is 4.79. The largest absolute Gasteiger partial charge is 0.489 e. The third-order valence-corrected chi connectivity index (χ3v) is 3.78. The Morgan fingerprint density at radius 2 is 1.95 bits per heavy atom. The van der Waals surface area contributed by atoms with Crippen molar-refractivity contribution in [1.29, 1.82) is 0 Å². The van der Waals surface area contributed by atoms with Crippen LogP contribution in [-0.4, -0.2) is 6.54 Å². The Balaban J connectivity index is 2.06. The zero-order valence-corrected chi connectivity index (χ0v) is 13.7. The van der Waals surface area contributed by atoms with Crippen molar-refractivity contribution >= 4 is 27.5 Å². The van der Waals surface area contributed by atoms with Gasteiger partial charge in [-0.05, 0) is 24.7 Å². The molecule has 0 aliphatic rings. The van der Waals surface area contributed by atoms with E-state index in [1.54, 1.807) is 0 Å². The van der Waals surface area contributed by atoms with Crippen LogP contribution in [0.25, 0.3) is 0 Å². The van der Waals surface area contributed by atoms with Crippen molar-refractivity contribution in [1.82, 2.24) is 5.32 Å². The molecule has 0 heterocycles. The molecule has 0 saturated carbocycles. The van der Waals surface area contributed by atoms with Gasteiger partial charge >= 0.3 is 0 Å². The fourth-order valence-corrected chi connectivity index (χ4v) is 2.57. The summed E-state index contributed by atoms with van der Waals surface area (Å²) in [6.07, 6.45) is 0. The van der Waals surface area contributed by atoms with Crippen molar-refractivity contribution in [3.63, 3.8) is 0 Å². The second kappa shape index (κ2) is 7.67. The van der Waals surface area contributed by atoms with E-state index in [2.05, 4.69) is 34.2 Å². The number of benzene rings is 2. The maximum absolute atomic E-state index is 6.20. The van der Waals surface area contributed by atoms with E-state index >= 15 is 0 Å². The highest BCUT2D eigenvalue weighted by molar-refractivity contribution is 9.10. The molecular weight excluding hydrogens is 338 g/mol. The molecule has 0 aromatic heterocycles. The molecule has 0 aliphatic carbocycles. The molecule has 0 bridgehead atoms. The summed E-state index contributed by atoms with van der Waals surface area (Å²) in [5, 5.41) is 4.02. The molecular formula is C16H17BrClNO. The standard InChI is InChI=1S/C16H17BrClNO/c1-2-19-10-12-5-3-4-6-16(12)20-11-13-7-8-14(17)9-15(13)18/h3-9,19H,2,10-11H2,1H3. The molecule has 2 aromatic rings. The first-order valence-electron chi connectivity index (χ1n) is 6.56. The molecule has 0 spiro atoms. The van der Waals surface area contributed by atoms with Crippen LogP contribution in [0, 0.1) is 0 Å². The zero-order valence-electron chi connectivity index (χ0n) is 11.3. The van der Waals surface area contributed by atoms with Gasteiger partial charge in [-0.15, -0.1) is 0 Å². The Morgan fingerprint density at radius 1 is 1.15 bits per heavy atom. The normalized spacial score (nSPS) is 10.6. The molecule has 2 nitrogen and oxygen atoms in total. The molecule has 0 fully saturated rings. The molecule has 0 radical (unpaired) electrons. The minimum atomic E-state index is 0.468. The van der Waals surface area contributed by atoms with Gasteiger partial charge in [0.25, 0.3) is 0 Å². The lowest BCUT2D eigenvalue weighted by Crippen LogP contribution is -2.12. The van der Waals surface area contributed by atoms with Gasteiger partial charge in [-0.25, -0.2) is 0 Å². The maximum atomic E-state index is 6.20. The summed E-state index contributed by atoms with van der Waals surface area (Å²) in [7, 11) is 0. The average molecular weight is 355 g/mol. The predicted molar refractivity (Wildman–Crippen MR) is 87.3 cm³/mol. The summed E-state index contributed by atoms with van der Waals surface area (Å²) >= 11 is 9.60. The zero-order chi connectivity index (χ0) is 14.4. The number of hydrogen-bond donors (Lipinski definition) is 1. The topological polar surface area (TPSA) is 21.3 Å². The van der Waals surface area contributed by atoms with Gasteiger partial charge in [-0.1, -0.05) is 58.7 Å². The van der Waals surface area contributed by atoms with Crippen molar-refractivity contribution in [3.8, 4) is 5.75 Å². The Hall–Kier alpha value is -1.03. The van der Waals surface area contributed by atoms with Crippen molar-refractivity contribution in [2.24, 2.45) is 0 Å². The van der Waals surface area contributed by atoms with E-state index in [0.717, 1.165) is 34.4 Å². The van der Waals surface area contributed by atoms with E-state index in [1.165, 1.54) is 0 Å². The van der Waals surface area contributed by atoms with Gasteiger partial charge in [-0.2, -0.15) is 0 Å². The van der Waals surface area contributed by atoms with Gasteiger partial charge in [0.15, 0.2) is 0 Å². The van der Waals surface area contributed by atoms with Crippen LogP contribution in [-0.2, 0) is 13.2 Å². The molecule has 0 saturated heterocycles. The van der Waals surface area contributed by atoms with Gasteiger partial charge in [0.05, 0.1) is 0 Å². The summed E-state index contributed by atoms with van der Waals surface area (Å²) in [4.78, 5) is 0.